The molecule has 0 atom stereocenters. The van der Waals surface area contributed by atoms with Crippen LogP contribution in [0.4, 0.5) is 0 Å². The SMILES string of the molecule is Cc1ccc(C2C3=C(CC(C)(C)CC3=O)N(CC(=O)O)C3=C2C(=O)CC(C)(C)C3)cc1. The number of aryl methyl sites for hydroxylation is 1. The number of ketones is 2. The highest BCUT2D eigenvalue weighted by Gasteiger charge is 2.49. The summed E-state index contributed by atoms with van der Waals surface area (Å²) in [7, 11) is 0. The Morgan fingerprint density at radius 3 is 1.77 bits per heavy atom. The first kappa shape index (κ1) is 21.5. The molecule has 31 heavy (non-hydrogen) atoms. The summed E-state index contributed by atoms with van der Waals surface area (Å²) in [6.45, 7) is 9.98. The summed E-state index contributed by atoms with van der Waals surface area (Å²) in [5, 5.41) is 9.70. The molecule has 0 amide bonds. The summed E-state index contributed by atoms with van der Waals surface area (Å²) >= 11 is 0. The number of rotatable bonds is 3. The van der Waals surface area contributed by atoms with Crippen LogP contribution in [-0.2, 0) is 14.4 Å². The first-order chi connectivity index (χ1) is 14.4. The second-order valence-electron chi connectivity index (χ2n) is 10.9. The Balaban J connectivity index is 2.00. The lowest BCUT2D eigenvalue weighted by molar-refractivity contribution is -0.138. The number of allylic oxidation sites excluding steroid dienone is 4. The van der Waals surface area contributed by atoms with Gasteiger partial charge < -0.3 is 10.0 Å². The highest BCUT2D eigenvalue weighted by atomic mass is 16.4. The summed E-state index contributed by atoms with van der Waals surface area (Å²) in [6.07, 6.45) is 2.04. The highest BCUT2D eigenvalue weighted by molar-refractivity contribution is 6.07. The summed E-state index contributed by atoms with van der Waals surface area (Å²) < 4.78 is 0. The predicted octanol–water partition coefficient (Wildman–Crippen LogP) is 4.77. The number of carboxylic acid groups (broad SMARTS) is 1. The molecule has 0 fully saturated rings. The van der Waals surface area contributed by atoms with Crippen molar-refractivity contribution in [3.05, 3.63) is 57.9 Å². The average molecular weight is 422 g/mol. The molecule has 1 heterocycles. The molecule has 1 aromatic rings. The summed E-state index contributed by atoms with van der Waals surface area (Å²) in [6, 6.07) is 8.02. The predicted molar refractivity (Wildman–Crippen MR) is 118 cm³/mol. The second kappa shape index (κ2) is 7.18. The van der Waals surface area contributed by atoms with Crippen LogP contribution in [-0.4, -0.2) is 34.1 Å². The van der Waals surface area contributed by atoms with E-state index in [1.807, 2.05) is 58.9 Å². The quantitative estimate of drug-likeness (QED) is 0.761. The molecule has 4 rings (SSSR count). The Labute approximate surface area is 183 Å². The van der Waals surface area contributed by atoms with Gasteiger partial charge in [-0.2, -0.15) is 0 Å². The molecular formula is C26H31NO4. The summed E-state index contributed by atoms with van der Waals surface area (Å²) in [5.74, 6) is -1.32. The summed E-state index contributed by atoms with van der Waals surface area (Å²) in [5.41, 5.74) is 4.36. The van der Waals surface area contributed by atoms with Crippen molar-refractivity contribution in [3.8, 4) is 0 Å². The molecule has 0 unspecified atom stereocenters. The number of carbonyl (C=O) groups excluding carboxylic acids is 2. The Kier molecular flexibility index (Phi) is 4.99. The molecule has 1 aromatic carbocycles. The van der Waals surface area contributed by atoms with Gasteiger partial charge in [0.15, 0.2) is 11.6 Å². The van der Waals surface area contributed by atoms with Crippen LogP contribution in [0.1, 0.15) is 70.4 Å². The van der Waals surface area contributed by atoms with E-state index >= 15 is 0 Å². The number of carboxylic acids is 1. The Hall–Kier alpha value is -2.69. The van der Waals surface area contributed by atoms with E-state index in [1.54, 1.807) is 4.90 Å². The van der Waals surface area contributed by atoms with Crippen LogP contribution in [0, 0.1) is 17.8 Å². The van der Waals surface area contributed by atoms with E-state index in [2.05, 4.69) is 0 Å². The van der Waals surface area contributed by atoms with E-state index in [1.165, 1.54) is 0 Å². The number of Topliss-reactive ketones (excluding diaryl/α,β-unsaturated/α-hetero) is 2. The minimum Gasteiger partial charge on any atom is -0.480 e. The molecule has 1 aliphatic heterocycles. The molecule has 2 aliphatic carbocycles. The van der Waals surface area contributed by atoms with Crippen LogP contribution >= 0.6 is 0 Å². The number of carbonyl (C=O) groups is 3. The Bertz CT molecular complexity index is 986. The maximum Gasteiger partial charge on any atom is 0.323 e. The van der Waals surface area contributed by atoms with Crippen LogP contribution < -0.4 is 0 Å². The molecule has 0 radical (unpaired) electrons. The van der Waals surface area contributed by atoms with Gasteiger partial charge in [-0.1, -0.05) is 57.5 Å². The van der Waals surface area contributed by atoms with Crippen molar-refractivity contribution in [2.24, 2.45) is 10.8 Å². The minimum atomic E-state index is -0.959. The van der Waals surface area contributed by atoms with Gasteiger partial charge in [0.1, 0.15) is 6.54 Å². The number of aliphatic carboxylic acids is 1. The van der Waals surface area contributed by atoms with Gasteiger partial charge in [-0.15, -0.1) is 0 Å². The van der Waals surface area contributed by atoms with Gasteiger partial charge in [-0.25, -0.2) is 0 Å². The first-order valence-electron chi connectivity index (χ1n) is 11.0. The van der Waals surface area contributed by atoms with Crippen molar-refractivity contribution in [3.63, 3.8) is 0 Å². The van der Waals surface area contributed by atoms with Crippen LogP contribution in [0.2, 0.25) is 0 Å². The van der Waals surface area contributed by atoms with Gasteiger partial charge in [-0.3, -0.25) is 14.4 Å². The fourth-order valence-corrected chi connectivity index (χ4v) is 5.47. The lowest BCUT2D eigenvalue weighted by Gasteiger charge is -2.48. The zero-order chi connectivity index (χ0) is 22.7. The van der Waals surface area contributed by atoms with E-state index in [0.29, 0.717) is 36.8 Å². The van der Waals surface area contributed by atoms with Gasteiger partial charge in [0.2, 0.25) is 0 Å². The highest BCUT2D eigenvalue weighted by Crippen LogP contribution is 2.54. The lowest BCUT2D eigenvalue weighted by atomic mass is 9.63. The maximum absolute atomic E-state index is 13.5. The average Bonchev–Trinajstić information content (AvgIpc) is 2.61. The van der Waals surface area contributed by atoms with E-state index in [4.69, 9.17) is 0 Å². The molecule has 5 nitrogen and oxygen atoms in total. The third-order valence-electron chi connectivity index (χ3n) is 6.73. The molecule has 0 bridgehead atoms. The second-order valence-corrected chi connectivity index (χ2v) is 10.9. The largest absolute Gasteiger partial charge is 0.480 e. The van der Waals surface area contributed by atoms with Crippen LogP contribution in [0.5, 0.6) is 0 Å². The van der Waals surface area contributed by atoms with Crippen molar-refractivity contribution >= 4 is 17.5 Å². The monoisotopic (exact) mass is 421 g/mol. The zero-order valence-corrected chi connectivity index (χ0v) is 19.0. The third-order valence-corrected chi connectivity index (χ3v) is 6.73. The molecule has 0 saturated carbocycles. The van der Waals surface area contributed by atoms with Gasteiger partial charge in [0, 0.05) is 41.3 Å². The van der Waals surface area contributed by atoms with Gasteiger partial charge in [0.25, 0.3) is 0 Å². The molecule has 164 valence electrons. The Morgan fingerprint density at radius 2 is 1.35 bits per heavy atom. The van der Waals surface area contributed by atoms with E-state index in [0.717, 1.165) is 22.5 Å². The number of hydrogen-bond acceptors (Lipinski definition) is 4. The smallest absolute Gasteiger partial charge is 0.323 e. The van der Waals surface area contributed by atoms with E-state index in [9.17, 15) is 19.5 Å². The van der Waals surface area contributed by atoms with Gasteiger partial charge >= 0.3 is 5.97 Å². The van der Waals surface area contributed by atoms with Crippen LogP contribution in [0.3, 0.4) is 0 Å². The van der Waals surface area contributed by atoms with Gasteiger partial charge in [0.05, 0.1) is 0 Å². The minimum absolute atomic E-state index is 0.0244. The molecule has 5 heteroatoms. The van der Waals surface area contributed by atoms with Crippen molar-refractivity contribution in [1.82, 2.24) is 4.90 Å². The number of nitrogens with zero attached hydrogens (tertiary/aromatic N) is 1. The van der Waals surface area contributed by atoms with Crippen molar-refractivity contribution in [2.75, 3.05) is 6.54 Å². The molecule has 0 saturated heterocycles. The maximum atomic E-state index is 13.5. The normalized spacial score (nSPS) is 23.1. The number of hydrogen-bond donors (Lipinski definition) is 1. The topological polar surface area (TPSA) is 74.7 Å². The third kappa shape index (κ3) is 3.86. The zero-order valence-electron chi connectivity index (χ0n) is 19.0. The van der Waals surface area contributed by atoms with Crippen molar-refractivity contribution < 1.29 is 19.5 Å². The standard InChI is InChI=1S/C26H31NO4/c1-15-6-8-16(9-7-15)22-23-17(10-25(2,3)12-19(23)28)27(14-21(30)31)18-11-26(4,5)13-20(29)24(18)22/h6-9,22H,10-14H2,1-5H3,(H,30,31). The van der Waals surface area contributed by atoms with E-state index < -0.39 is 11.9 Å². The number of benzene rings is 1. The molecule has 0 aromatic heterocycles. The van der Waals surface area contributed by atoms with E-state index in [-0.39, 0.29) is 28.9 Å². The molecule has 3 aliphatic rings. The summed E-state index contributed by atoms with van der Waals surface area (Å²) in [4.78, 5) is 40.6. The fraction of sp³-hybridized carbons (Fsp3) is 0.500. The van der Waals surface area contributed by atoms with Crippen molar-refractivity contribution in [1.29, 1.82) is 0 Å². The first-order valence-corrected chi connectivity index (χ1v) is 11.0. The van der Waals surface area contributed by atoms with Crippen LogP contribution in [0.25, 0.3) is 0 Å². The molecular weight excluding hydrogens is 390 g/mol. The van der Waals surface area contributed by atoms with Crippen molar-refractivity contribution in [2.45, 2.75) is 66.2 Å². The van der Waals surface area contributed by atoms with Gasteiger partial charge in [-0.05, 0) is 36.2 Å². The Morgan fingerprint density at radius 1 is 0.903 bits per heavy atom. The van der Waals surface area contributed by atoms with Crippen LogP contribution in [0.15, 0.2) is 46.8 Å². The fourth-order valence-electron chi connectivity index (χ4n) is 5.47. The lowest BCUT2D eigenvalue weighted by Crippen LogP contribution is -2.45. The molecule has 0 spiro atoms. The molecule has 1 N–H and O–H groups in total.